The van der Waals surface area contributed by atoms with Gasteiger partial charge in [0.1, 0.15) is 5.75 Å². The fourth-order valence-electron chi connectivity index (χ4n) is 2.93. The second-order valence-corrected chi connectivity index (χ2v) is 5.40. The summed E-state index contributed by atoms with van der Waals surface area (Å²) in [6.07, 6.45) is 3.81. The Balaban J connectivity index is 2.08. The van der Waals surface area contributed by atoms with Gasteiger partial charge < -0.3 is 15.4 Å². The molecule has 0 bridgehead atoms. The molecule has 1 saturated carbocycles. The number of anilines is 1. The zero-order chi connectivity index (χ0) is 14.5. The van der Waals surface area contributed by atoms with E-state index in [0.717, 1.165) is 30.7 Å². The predicted octanol–water partition coefficient (Wildman–Crippen LogP) is 2.57. The van der Waals surface area contributed by atoms with Crippen molar-refractivity contribution in [3.63, 3.8) is 0 Å². The Morgan fingerprint density at radius 3 is 2.85 bits per heavy atom. The van der Waals surface area contributed by atoms with Crippen LogP contribution in [0.2, 0.25) is 0 Å². The molecule has 2 atom stereocenters. The third kappa shape index (κ3) is 3.31. The largest absolute Gasteiger partial charge is 0.497 e. The highest BCUT2D eigenvalue weighted by Gasteiger charge is 2.28. The normalized spacial score (nSPS) is 21.8. The van der Waals surface area contributed by atoms with Gasteiger partial charge in [-0.3, -0.25) is 4.79 Å². The third-order valence-corrected chi connectivity index (χ3v) is 4.14. The summed E-state index contributed by atoms with van der Waals surface area (Å²) in [7, 11) is 1.63. The molecule has 4 nitrogen and oxygen atoms in total. The van der Waals surface area contributed by atoms with E-state index in [1.165, 1.54) is 0 Å². The summed E-state index contributed by atoms with van der Waals surface area (Å²) in [6, 6.07) is 7.82. The van der Waals surface area contributed by atoms with Crippen LogP contribution in [0.4, 0.5) is 5.69 Å². The fourth-order valence-corrected chi connectivity index (χ4v) is 2.93. The smallest absolute Gasteiger partial charge is 0.227 e. The molecule has 1 fully saturated rings. The summed E-state index contributed by atoms with van der Waals surface area (Å²) in [5.41, 5.74) is 6.95. The van der Waals surface area contributed by atoms with E-state index in [2.05, 4.69) is 0 Å². The molecule has 0 unspecified atom stereocenters. The molecule has 0 spiro atoms. The van der Waals surface area contributed by atoms with Gasteiger partial charge in [-0.1, -0.05) is 12.5 Å². The van der Waals surface area contributed by atoms with E-state index in [1.54, 1.807) is 7.11 Å². The maximum absolute atomic E-state index is 12.5. The monoisotopic (exact) mass is 276 g/mol. The molecule has 1 aliphatic rings. The minimum atomic E-state index is 0.156. The average Bonchev–Trinajstić information content (AvgIpc) is 2.85. The van der Waals surface area contributed by atoms with Gasteiger partial charge in [0.15, 0.2) is 0 Å². The standard InChI is InChI=1S/C16H24N2O2/c1-3-18(13-7-5-8-14(11-13)20-2)16(19)10-12-6-4-9-15(12)17/h5,7-8,11-12,15H,3-4,6,9-10,17H2,1-2H3/t12-,15+/m0/s1. The van der Waals surface area contributed by atoms with Crippen molar-refractivity contribution >= 4 is 11.6 Å². The zero-order valence-electron chi connectivity index (χ0n) is 12.3. The first kappa shape index (κ1) is 14.9. The topological polar surface area (TPSA) is 55.6 Å². The molecule has 2 rings (SSSR count). The summed E-state index contributed by atoms with van der Waals surface area (Å²) in [5, 5.41) is 0. The van der Waals surface area contributed by atoms with Crippen LogP contribution in [0, 0.1) is 5.92 Å². The molecule has 1 aromatic rings. The lowest BCUT2D eigenvalue weighted by Crippen LogP contribution is -2.35. The van der Waals surface area contributed by atoms with Gasteiger partial charge in [0.2, 0.25) is 5.91 Å². The van der Waals surface area contributed by atoms with Crippen molar-refractivity contribution in [1.29, 1.82) is 0 Å². The van der Waals surface area contributed by atoms with Crippen LogP contribution in [0.15, 0.2) is 24.3 Å². The van der Waals surface area contributed by atoms with Crippen molar-refractivity contribution in [2.24, 2.45) is 11.7 Å². The Bertz CT molecular complexity index is 462. The van der Waals surface area contributed by atoms with E-state index >= 15 is 0 Å². The van der Waals surface area contributed by atoms with Crippen LogP contribution in [0.25, 0.3) is 0 Å². The maximum atomic E-state index is 12.5. The van der Waals surface area contributed by atoms with Crippen LogP contribution in [0.1, 0.15) is 32.6 Å². The molecule has 0 aromatic heterocycles. The first-order chi connectivity index (χ1) is 9.65. The Morgan fingerprint density at radius 1 is 1.45 bits per heavy atom. The number of hydrogen-bond donors (Lipinski definition) is 1. The number of hydrogen-bond acceptors (Lipinski definition) is 3. The molecule has 110 valence electrons. The quantitative estimate of drug-likeness (QED) is 0.899. The lowest BCUT2D eigenvalue weighted by Gasteiger charge is -2.24. The third-order valence-electron chi connectivity index (χ3n) is 4.14. The average molecular weight is 276 g/mol. The number of carbonyl (C=O) groups is 1. The Labute approximate surface area is 120 Å². The van der Waals surface area contributed by atoms with Crippen molar-refractivity contribution in [2.45, 2.75) is 38.6 Å². The minimum Gasteiger partial charge on any atom is -0.497 e. The maximum Gasteiger partial charge on any atom is 0.227 e. The molecule has 0 heterocycles. The van der Waals surface area contributed by atoms with E-state index in [4.69, 9.17) is 10.5 Å². The highest BCUT2D eigenvalue weighted by molar-refractivity contribution is 5.93. The van der Waals surface area contributed by atoms with Gasteiger partial charge in [0.25, 0.3) is 0 Å². The van der Waals surface area contributed by atoms with E-state index in [0.29, 0.717) is 18.9 Å². The number of nitrogens with two attached hydrogens (primary N) is 1. The molecule has 4 heteroatoms. The summed E-state index contributed by atoms with van der Waals surface area (Å²) >= 11 is 0. The van der Waals surface area contributed by atoms with Crippen LogP contribution in [0.3, 0.4) is 0 Å². The number of ether oxygens (including phenoxy) is 1. The number of amides is 1. The molecule has 0 aliphatic heterocycles. The number of methoxy groups -OCH3 is 1. The molecular weight excluding hydrogens is 252 g/mol. The number of nitrogens with zero attached hydrogens (tertiary/aromatic N) is 1. The molecule has 0 saturated heterocycles. The van der Waals surface area contributed by atoms with Gasteiger partial charge in [-0.05, 0) is 37.8 Å². The van der Waals surface area contributed by atoms with Gasteiger partial charge in [-0.15, -0.1) is 0 Å². The van der Waals surface area contributed by atoms with Crippen molar-refractivity contribution in [1.82, 2.24) is 0 Å². The first-order valence-corrected chi connectivity index (χ1v) is 7.35. The number of carbonyl (C=O) groups excluding carboxylic acids is 1. The number of rotatable bonds is 5. The summed E-state index contributed by atoms with van der Waals surface area (Å²) < 4.78 is 5.22. The van der Waals surface area contributed by atoms with Gasteiger partial charge in [0.05, 0.1) is 7.11 Å². The van der Waals surface area contributed by atoms with Crippen molar-refractivity contribution < 1.29 is 9.53 Å². The van der Waals surface area contributed by atoms with Gasteiger partial charge in [-0.25, -0.2) is 0 Å². The Kier molecular flexibility index (Phi) is 5.01. The van der Waals surface area contributed by atoms with Gasteiger partial charge in [-0.2, -0.15) is 0 Å². The molecule has 2 N–H and O–H groups in total. The predicted molar refractivity (Wildman–Crippen MR) is 81.0 cm³/mol. The van der Waals surface area contributed by atoms with Crippen LogP contribution in [-0.2, 0) is 4.79 Å². The van der Waals surface area contributed by atoms with Crippen molar-refractivity contribution in [2.75, 3.05) is 18.6 Å². The van der Waals surface area contributed by atoms with E-state index < -0.39 is 0 Å². The van der Waals surface area contributed by atoms with Crippen LogP contribution >= 0.6 is 0 Å². The van der Waals surface area contributed by atoms with Crippen molar-refractivity contribution in [3.8, 4) is 5.75 Å². The molecule has 1 amide bonds. The van der Waals surface area contributed by atoms with E-state index in [1.807, 2.05) is 36.1 Å². The Hall–Kier alpha value is -1.55. The summed E-state index contributed by atoms with van der Waals surface area (Å²) in [6.45, 7) is 2.65. The van der Waals surface area contributed by atoms with Crippen LogP contribution in [0.5, 0.6) is 5.75 Å². The SMILES string of the molecule is CCN(C(=O)C[C@@H]1CCC[C@H]1N)c1cccc(OC)c1. The lowest BCUT2D eigenvalue weighted by atomic mass is 9.99. The Morgan fingerprint density at radius 2 is 2.25 bits per heavy atom. The number of benzene rings is 1. The van der Waals surface area contributed by atoms with Crippen molar-refractivity contribution in [3.05, 3.63) is 24.3 Å². The lowest BCUT2D eigenvalue weighted by molar-refractivity contribution is -0.119. The highest BCUT2D eigenvalue weighted by Crippen LogP contribution is 2.29. The molecule has 1 aromatic carbocycles. The van der Waals surface area contributed by atoms with Crippen LogP contribution in [-0.4, -0.2) is 25.6 Å². The second-order valence-electron chi connectivity index (χ2n) is 5.40. The first-order valence-electron chi connectivity index (χ1n) is 7.35. The second kappa shape index (κ2) is 6.75. The zero-order valence-corrected chi connectivity index (χ0v) is 12.3. The fraction of sp³-hybridized carbons (Fsp3) is 0.562. The summed E-state index contributed by atoms with van der Waals surface area (Å²) in [5.74, 6) is 1.26. The highest BCUT2D eigenvalue weighted by atomic mass is 16.5. The molecular formula is C16H24N2O2. The van der Waals surface area contributed by atoms with Crippen LogP contribution < -0.4 is 15.4 Å². The van der Waals surface area contributed by atoms with E-state index in [9.17, 15) is 4.79 Å². The molecule has 1 aliphatic carbocycles. The summed E-state index contributed by atoms with van der Waals surface area (Å²) in [4.78, 5) is 14.3. The minimum absolute atomic E-state index is 0.156. The molecule has 0 radical (unpaired) electrons. The molecule has 20 heavy (non-hydrogen) atoms. The van der Waals surface area contributed by atoms with Gasteiger partial charge >= 0.3 is 0 Å². The van der Waals surface area contributed by atoms with Gasteiger partial charge in [0, 0.05) is 30.8 Å². The van der Waals surface area contributed by atoms with E-state index in [-0.39, 0.29) is 11.9 Å².